The quantitative estimate of drug-likeness (QED) is 0.888. The van der Waals surface area contributed by atoms with Crippen LogP contribution >= 0.6 is 0 Å². The molecular weight excluding hydrogens is 231 g/mol. The van der Waals surface area contributed by atoms with Gasteiger partial charge < -0.3 is 10.5 Å². The SMILES string of the molecule is COC(c1ccccc1CC(C)N)C(F)(F)F. The molecule has 0 aliphatic heterocycles. The third-order valence-corrected chi connectivity index (χ3v) is 2.41. The van der Waals surface area contributed by atoms with Crippen molar-refractivity contribution in [1.29, 1.82) is 0 Å². The third kappa shape index (κ3) is 3.71. The monoisotopic (exact) mass is 247 g/mol. The van der Waals surface area contributed by atoms with Gasteiger partial charge in [0.2, 0.25) is 0 Å². The second kappa shape index (κ2) is 5.51. The van der Waals surface area contributed by atoms with Gasteiger partial charge in [-0.05, 0) is 24.5 Å². The minimum Gasteiger partial charge on any atom is -0.367 e. The topological polar surface area (TPSA) is 35.2 Å². The van der Waals surface area contributed by atoms with Crippen LogP contribution in [0.2, 0.25) is 0 Å². The lowest BCUT2D eigenvalue weighted by Crippen LogP contribution is -2.25. The molecular formula is C12H16F3NO. The van der Waals surface area contributed by atoms with E-state index >= 15 is 0 Å². The fourth-order valence-corrected chi connectivity index (χ4v) is 1.76. The van der Waals surface area contributed by atoms with E-state index in [9.17, 15) is 13.2 Å². The molecule has 1 rings (SSSR count). The van der Waals surface area contributed by atoms with Gasteiger partial charge in [-0.2, -0.15) is 13.2 Å². The van der Waals surface area contributed by atoms with E-state index in [1.165, 1.54) is 6.07 Å². The Morgan fingerprint density at radius 3 is 2.35 bits per heavy atom. The lowest BCUT2D eigenvalue weighted by Gasteiger charge is -2.22. The van der Waals surface area contributed by atoms with Crippen LogP contribution in [0.3, 0.4) is 0 Å². The van der Waals surface area contributed by atoms with Gasteiger partial charge in [0.05, 0.1) is 0 Å². The molecule has 17 heavy (non-hydrogen) atoms. The Hall–Kier alpha value is -1.07. The fourth-order valence-electron chi connectivity index (χ4n) is 1.76. The zero-order chi connectivity index (χ0) is 13.1. The number of hydrogen-bond donors (Lipinski definition) is 1. The van der Waals surface area contributed by atoms with Crippen LogP contribution in [0.25, 0.3) is 0 Å². The third-order valence-electron chi connectivity index (χ3n) is 2.41. The summed E-state index contributed by atoms with van der Waals surface area (Å²) < 4.78 is 42.9. The van der Waals surface area contributed by atoms with Crippen LogP contribution in [0, 0.1) is 0 Å². The van der Waals surface area contributed by atoms with E-state index in [4.69, 9.17) is 5.73 Å². The van der Waals surface area contributed by atoms with Crippen molar-refractivity contribution in [3.8, 4) is 0 Å². The van der Waals surface area contributed by atoms with Gasteiger partial charge >= 0.3 is 6.18 Å². The highest BCUT2D eigenvalue weighted by Gasteiger charge is 2.42. The summed E-state index contributed by atoms with van der Waals surface area (Å²) in [5, 5.41) is 0. The molecule has 0 bridgehead atoms. The number of ether oxygens (including phenoxy) is 1. The van der Waals surface area contributed by atoms with Crippen LogP contribution in [0.4, 0.5) is 13.2 Å². The molecule has 0 fully saturated rings. The first kappa shape index (κ1) is 14.0. The number of rotatable bonds is 4. The summed E-state index contributed by atoms with van der Waals surface area (Å²) >= 11 is 0. The summed E-state index contributed by atoms with van der Waals surface area (Å²) in [6.07, 6.45) is -5.91. The molecule has 2 unspecified atom stereocenters. The Labute approximate surface area is 98.6 Å². The highest BCUT2D eigenvalue weighted by Crippen LogP contribution is 2.36. The molecule has 0 aliphatic carbocycles. The molecule has 0 heterocycles. The second-order valence-corrected chi connectivity index (χ2v) is 4.04. The number of nitrogens with two attached hydrogens (primary N) is 1. The van der Waals surface area contributed by atoms with Crippen LogP contribution in [-0.4, -0.2) is 19.3 Å². The summed E-state index contributed by atoms with van der Waals surface area (Å²) in [6.45, 7) is 1.76. The molecule has 2 nitrogen and oxygen atoms in total. The Morgan fingerprint density at radius 1 is 1.29 bits per heavy atom. The Bertz CT molecular complexity index is 363. The number of methoxy groups -OCH3 is 1. The van der Waals surface area contributed by atoms with Gasteiger partial charge in [0.1, 0.15) is 0 Å². The van der Waals surface area contributed by atoms with E-state index < -0.39 is 12.3 Å². The number of halogens is 3. The van der Waals surface area contributed by atoms with Crippen molar-refractivity contribution in [2.75, 3.05) is 7.11 Å². The van der Waals surface area contributed by atoms with Crippen molar-refractivity contribution in [3.63, 3.8) is 0 Å². The first-order chi connectivity index (χ1) is 7.86. The van der Waals surface area contributed by atoms with E-state index in [1.807, 2.05) is 0 Å². The Morgan fingerprint density at radius 2 is 1.88 bits per heavy atom. The minimum absolute atomic E-state index is 0.139. The number of hydrogen-bond acceptors (Lipinski definition) is 2. The second-order valence-electron chi connectivity index (χ2n) is 4.04. The van der Waals surface area contributed by atoms with E-state index in [0.29, 0.717) is 12.0 Å². The summed E-state index contributed by atoms with van der Waals surface area (Å²) in [4.78, 5) is 0. The van der Waals surface area contributed by atoms with E-state index in [2.05, 4.69) is 4.74 Å². The smallest absolute Gasteiger partial charge is 0.367 e. The average Bonchev–Trinajstić information content (AvgIpc) is 2.18. The number of alkyl halides is 3. The van der Waals surface area contributed by atoms with Crippen LogP contribution in [0.5, 0.6) is 0 Å². The van der Waals surface area contributed by atoms with Crippen molar-refractivity contribution in [2.45, 2.75) is 31.7 Å². The van der Waals surface area contributed by atoms with Gasteiger partial charge in [-0.15, -0.1) is 0 Å². The normalized spacial score (nSPS) is 15.6. The maximum absolute atomic E-state index is 12.8. The maximum atomic E-state index is 12.8. The first-order valence-corrected chi connectivity index (χ1v) is 5.29. The fraction of sp³-hybridized carbons (Fsp3) is 0.500. The minimum atomic E-state index is -4.41. The van der Waals surface area contributed by atoms with Crippen LogP contribution in [0.1, 0.15) is 24.2 Å². The lowest BCUT2D eigenvalue weighted by molar-refractivity contribution is -0.216. The highest BCUT2D eigenvalue weighted by atomic mass is 19.4. The number of benzene rings is 1. The summed E-state index contributed by atoms with van der Waals surface area (Å²) in [7, 11) is 1.06. The summed E-state index contributed by atoms with van der Waals surface area (Å²) in [5.41, 5.74) is 6.34. The van der Waals surface area contributed by atoms with E-state index in [0.717, 1.165) is 7.11 Å². The van der Waals surface area contributed by atoms with Crippen LogP contribution < -0.4 is 5.73 Å². The van der Waals surface area contributed by atoms with Crippen molar-refractivity contribution < 1.29 is 17.9 Å². The van der Waals surface area contributed by atoms with E-state index in [1.54, 1.807) is 25.1 Å². The van der Waals surface area contributed by atoms with Gasteiger partial charge in [-0.1, -0.05) is 24.3 Å². The van der Waals surface area contributed by atoms with Gasteiger partial charge in [0.15, 0.2) is 6.10 Å². The van der Waals surface area contributed by atoms with Crippen molar-refractivity contribution in [1.82, 2.24) is 0 Å². The van der Waals surface area contributed by atoms with Gasteiger partial charge in [0.25, 0.3) is 0 Å². The van der Waals surface area contributed by atoms with E-state index in [-0.39, 0.29) is 11.6 Å². The molecule has 2 N–H and O–H groups in total. The molecule has 1 aromatic rings. The molecule has 0 aromatic heterocycles. The van der Waals surface area contributed by atoms with Crippen LogP contribution in [0.15, 0.2) is 24.3 Å². The Balaban J connectivity index is 3.10. The predicted molar refractivity (Wildman–Crippen MR) is 59.6 cm³/mol. The molecule has 0 radical (unpaired) electrons. The largest absolute Gasteiger partial charge is 0.418 e. The molecule has 0 saturated heterocycles. The maximum Gasteiger partial charge on any atom is 0.418 e. The predicted octanol–water partition coefficient (Wildman–Crippen LogP) is 2.83. The lowest BCUT2D eigenvalue weighted by atomic mass is 9.97. The zero-order valence-corrected chi connectivity index (χ0v) is 9.79. The van der Waals surface area contributed by atoms with Crippen LogP contribution in [-0.2, 0) is 11.2 Å². The molecule has 5 heteroatoms. The molecule has 0 saturated carbocycles. The average molecular weight is 247 g/mol. The molecule has 2 atom stereocenters. The van der Waals surface area contributed by atoms with Crippen molar-refractivity contribution in [2.24, 2.45) is 5.73 Å². The first-order valence-electron chi connectivity index (χ1n) is 5.29. The molecule has 0 amide bonds. The van der Waals surface area contributed by atoms with Crippen molar-refractivity contribution >= 4 is 0 Å². The zero-order valence-electron chi connectivity index (χ0n) is 9.79. The molecule has 96 valence electrons. The van der Waals surface area contributed by atoms with Gasteiger partial charge in [0, 0.05) is 13.2 Å². The molecule has 0 aliphatic rings. The Kier molecular flexibility index (Phi) is 4.54. The molecule has 0 spiro atoms. The van der Waals surface area contributed by atoms with Gasteiger partial charge in [-0.3, -0.25) is 0 Å². The van der Waals surface area contributed by atoms with Crippen molar-refractivity contribution in [3.05, 3.63) is 35.4 Å². The highest BCUT2D eigenvalue weighted by molar-refractivity contribution is 5.30. The standard InChI is InChI=1S/C12H16F3NO/c1-8(16)7-9-5-3-4-6-10(9)11(17-2)12(13,14)15/h3-6,8,11H,7,16H2,1-2H3. The summed E-state index contributed by atoms with van der Waals surface area (Å²) in [5.74, 6) is 0. The molecule has 1 aromatic carbocycles. The van der Waals surface area contributed by atoms with Gasteiger partial charge in [-0.25, -0.2) is 0 Å². The summed E-state index contributed by atoms with van der Waals surface area (Å²) in [6, 6.07) is 6.15.